The van der Waals surface area contributed by atoms with Crippen molar-refractivity contribution in [3.8, 4) is 0 Å². The van der Waals surface area contributed by atoms with E-state index in [9.17, 15) is 9.18 Å². The van der Waals surface area contributed by atoms with Crippen LogP contribution in [0.3, 0.4) is 0 Å². The van der Waals surface area contributed by atoms with Gasteiger partial charge >= 0.3 is 5.97 Å². The van der Waals surface area contributed by atoms with Crippen LogP contribution in [0, 0.1) is 5.82 Å². The number of carbonyl (C=O) groups excluding carboxylic acids is 1. The van der Waals surface area contributed by atoms with Gasteiger partial charge in [-0.3, -0.25) is 9.78 Å². The SMILES string of the molecule is CCOC(=O)CNc1c(F)cc(N)c2cccnc12. The van der Waals surface area contributed by atoms with Gasteiger partial charge in [-0.05, 0) is 25.1 Å². The molecule has 1 heterocycles. The molecule has 1 aromatic carbocycles. The Morgan fingerprint density at radius 2 is 2.37 bits per heavy atom. The summed E-state index contributed by atoms with van der Waals surface area (Å²) in [4.78, 5) is 15.4. The Labute approximate surface area is 109 Å². The molecular weight excluding hydrogens is 249 g/mol. The number of nitrogen functional groups attached to an aromatic ring is 1. The van der Waals surface area contributed by atoms with Crippen molar-refractivity contribution in [2.24, 2.45) is 0 Å². The van der Waals surface area contributed by atoms with Gasteiger partial charge in [0.25, 0.3) is 0 Å². The normalized spacial score (nSPS) is 10.4. The first-order valence-corrected chi connectivity index (χ1v) is 5.85. The number of benzene rings is 1. The van der Waals surface area contributed by atoms with Crippen LogP contribution in [0.25, 0.3) is 10.9 Å². The summed E-state index contributed by atoms with van der Waals surface area (Å²) in [5, 5.41) is 3.33. The van der Waals surface area contributed by atoms with Crippen molar-refractivity contribution >= 4 is 28.2 Å². The van der Waals surface area contributed by atoms with E-state index in [0.29, 0.717) is 16.6 Å². The van der Waals surface area contributed by atoms with Crippen molar-refractivity contribution in [3.63, 3.8) is 0 Å². The summed E-state index contributed by atoms with van der Waals surface area (Å²) in [6.45, 7) is 1.86. The molecule has 0 bridgehead atoms. The molecule has 1 aromatic heterocycles. The Kier molecular flexibility index (Phi) is 3.79. The number of nitrogens with zero attached hydrogens (tertiary/aromatic N) is 1. The summed E-state index contributed by atoms with van der Waals surface area (Å²) >= 11 is 0. The second-order valence-corrected chi connectivity index (χ2v) is 3.88. The van der Waals surface area contributed by atoms with Gasteiger partial charge in [-0.2, -0.15) is 0 Å². The Bertz CT molecular complexity index is 616. The van der Waals surface area contributed by atoms with Gasteiger partial charge in [0.1, 0.15) is 6.54 Å². The Balaban J connectivity index is 2.34. The standard InChI is InChI=1S/C13H14FN3O2/c1-2-19-11(18)7-17-13-9(14)6-10(15)8-4-3-5-16-12(8)13/h3-6,17H,2,7,15H2,1H3. The number of hydrogen-bond acceptors (Lipinski definition) is 5. The molecule has 100 valence electrons. The van der Waals surface area contributed by atoms with Gasteiger partial charge < -0.3 is 15.8 Å². The Morgan fingerprint density at radius 3 is 3.11 bits per heavy atom. The molecule has 0 spiro atoms. The van der Waals surface area contributed by atoms with Crippen molar-refractivity contribution in [2.75, 3.05) is 24.2 Å². The van der Waals surface area contributed by atoms with Crippen molar-refractivity contribution in [3.05, 3.63) is 30.2 Å². The van der Waals surface area contributed by atoms with Crippen LogP contribution in [-0.4, -0.2) is 24.1 Å². The number of ether oxygens (including phenoxy) is 1. The summed E-state index contributed by atoms with van der Waals surface area (Å²) in [5.74, 6) is -1.00. The minimum Gasteiger partial charge on any atom is -0.465 e. The molecule has 0 amide bonds. The number of carbonyl (C=O) groups is 1. The Morgan fingerprint density at radius 1 is 1.58 bits per heavy atom. The number of nitrogens with two attached hydrogens (primary N) is 1. The van der Waals surface area contributed by atoms with Gasteiger partial charge in [-0.1, -0.05) is 0 Å². The number of rotatable bonds is 4. The van der Waals surface area contributed by atoms with Gasteiger partial charge in [0.2, 0.25) is 0 Å². The zero-order valence-electron chi connectivity index (χ0n) is 10.4. The molecular formula is C13H14FN3O2. The maximum absolute atomic E-state index is 13.9. The molecule has 0 saturated carbocycles. The van der Waals surface area contributed by atoms with Crippen molar-refractivity contribution in [1.82, 2.24) is 4.98 Å². The summed E-state index contributed by atoms with van der Waals surface area (Å²) in [7, 11) is 0. The number of nitrogens with one attached hydrogen (secondary N) is 1. The number of esters is 1. The molecule has 0 fully saturated rings. The second-order valence-electron chi connectivity index (χ2n) is 3.88. The third kappa shape index (κ3) is 2.73. The first-order valence-electron chi connectivity index (χ1n) is 5.85. The highest BCUT2D eigenvalue weighted by molar-refractivity contribution is 5.99. The van der Waals surface area contributed by atoms with Crippen LogP contribution in [0.15, 0.2) is 24.4 Å². The molecule has 0 radical (unpaired) electrons. The van der Waals surface area contributed by atoms with Crippen LogP contribution < -0.4 is 11.1 Å². The van der Waals surface area contributed by atoms with Gasteiger partial charge in [-0.15, -0.1) is 0 Å². The lowest BCUT2D eigenvalue weighted by molar-refractivity contribution is -0.140. The molecule has 2 rings (SSSR count). The molecule has 0 saturated heterocycles. The van der Waals surface area contributed by atoms with Crippen LogP contribution in [0.4, 0.5) is 15.8 Å². The van der Waals surface area contributed by atoms with Gasteiger partial charge in [0.05, 0.1) is 17.8 Å². The lowest BCUT2D eigenvalue weighted by Gasteiger charge is -2.11. The highest BCUT2D eigenvalue weighted by Gasteiger charge is 2.13. The van der Waals surface area contributed by atoms with Crippen LogP contribution in [0.1, 0.15) is 6.92 Å². The molecule has 6 heteroatoms. The van der Waals surface area contributed by atoms with Crippen molar-refractivity contribution in [2.45, 2.75) is 6.92 Å². The molecule has 0 unspecified atom stereocenters. The van der Waals surface area contributed by atoms with Crippen LogP contribution in [0.2, 0.25) is 0 Å². The number of hydrogen-bond donors (Lipinski definition) is 2. The van der Waals surface area contributed by atoms with E-state index in [1.807, 2.05) is 0 Å². The van der Waals surface area contributed by atoms with Crippen molar-refractivity contribution < 1.29 is 13.9 Å². The zero-order valence-corrected chi connectivity index (χ0v) is 10.4. The van der Waals surface area contributed by atoms with E-state index in [1.54, 1.807) is 19.1 Å². The van der Waals surface area contributed by atoms with Gasteiger partial charge in [0.15, 0.2) is 5.82 Å². The molecule has 19 heavy (non-hydrogen) atoms. The van der Waals surface area contributed by atoms with E-state index in [4.69, 9.17) is 10.5 Å². The van der Waals surface area contributed by atoms with E-state index in [0.717, 1.165) is 0 Å². The number of anilines is 2. The fraction of sp³-hybridized carbons (Fsp3) is 0.231. The summed E-state index contributed by atoms with van der Waals surface area (Å²) in [6.07, 6.45) is 1.54. The van der Waals surface area contributed by atoms with E-state index < -0.39 is 11.8 Å². The smallest absolute Gasteiger partial charge is 0.325 e. The lowest BCUT2D eigenvalue weighted by Crippen LogP contribution is -2.17. The summed E-state index contributed by atoms with van der Waals surface area (Å²) < 4.78 is 18.7. The zero-order chi connectivity index (χ0) is 13.8. The second kappa shape index (κ2) is 5.51. The molecule has 5 nitrogen and oxygen atoms in total. The fourth-order valence-electron chi connectivity index (χ4n) is 1.78. The maximum Gasteiger partial charge on any atom is 0.325 e. The maximum atomic E-state index is 13.9. The van der Waals surface area contributed by atoms with Crippen LogP contribution >= 0.6 is 0 Å². The topological polar surface area (TPSA) is 77.2 Å². The van der Waals surface area contributed by atoms with E-state index in [-0.39, 0.29) is 18.8 Å². The minimum atomic E-state index is -0.548. The highest BCUT2D eigenvalue weighted by atomic mass is 19.1. The third-order valence-electron chi connectivity index (χ3n) is 2.59. The quantitative estimate of drug-likeness (QED) is 0.651. The number of pyridine rings is 1. The highest BCUT2D eigenvalue weighted by Crippen LogP contribution is 2.29. The fourth-order valence-corrected chi connectivity index (χ4v) is 1.78. The third-order valence-corrected chi connectivity index (χ3v) is 2.59. The summed E-state index contributed by atoms with van der Waals surface area (Å²) in [6, 6.07) is 4.66. The van der Waals surface area contributed by atoms with E-state index in [1.165, 1.54) is 12.3 Å². The lowest BCUT2D eigenvalue weighted by atomic mass is 10.1. The van der Waals surface area contributed by atoms with Gasteiger partial charge in [-0.25, -0.2) is 4.39 Å². The van der Waals surface area contributed by atoms with Crippen LogP contribution in [0.5, 0.6) is 0 Å². The molecule has 0 aliphatic carbocycles. The van der Waals surface area contributed by atoms with E-state index >= 15 is 0 Å². The first-order chi connectivity index (χ1) is 9.13. The number of fused-ring (bicyclic) bond motifs is 1. The molecule has 0 aliphatic heterocycles. The predicted octanol–water partition coefficient (Wildman–Crippen LogP) is 1.93. The summed E-state index contributed by atoms with van der Waals surface area (Å²) in [5.41, 5.74) is 6.58. The molecule has 0 atom stereocenters. The van der Waals surface area contributed by atoms with Crippen LogP contribution in [-0.2, 0) is 9.53 Å². The van der Waals surface area contributed by atoms with Crippen molar-refractivity contribution in [1.29, 1.82) is 0 Å². The van der Waals surface area contributed by atoms with E-state index in [2.05, 4.69) is 10.3 Å². The number of halogens is 1. The predicted molar refractivity (Wildman–Crippen MR) is 71.2 cm³/mol. The Hall–Kier alpha value is -2.37. The molecule has 3 N–H and O–H groups in total. The monoisotopic (exact) mass is 263 g/mol. The molecule has 0 aliphatic rings. The first kappa shape index (κ1) is 13.1. The molecule has 2 aromatic rings. The average molecular weight is 263 g/mol. The minimum absolute atomic E-state index is 0.125. The van der Waals surface area contributed by atoms with Gasteiger partial charge in [0, 0.05) is 17.3 Å². The number of aromatic nitrogens is 1. The largest absolute Gasteiger partial charge is 0.465 e. The average Bonchev–Trinajstić information content (AvgIpc) is 2.39.